The predicted octanol–water partition coefficient (Wildman–Crippen LogP) is 2.87. The first kappa shape index (κ1) is 17.8. The maximum atomic E-state index is 11.4. The van der Waals surface area contributed by atoms with Crippen LogP contribution in [0.4, 0.5) is 0 Å². The van der Waals surface area contributed by atoms with Crippen LogP contribution in [-0.4, -0.2) is 23.8 Å². The predicted molar refractivity (Wildman–Crippen MR) is 73.5 cm³/mol. The summed E-state index contributed by atoms with van der Waals surface area (Å²) in [6.45, 7) is 5.66. The largest absolute Gasteiger partial charge is 0.460 e. The van der Waals surface area contributed by atoms with Crippen molar-refractivity contribution in [1.29, 1.82) is 0 Å². The molecule has 0 aromatic heterocycles. The molecule has 0 rings (SSSR count). The lowest BCUT2D eigenvalue weighted by molar-refractivity contribution is -0.155. The molecular weight excluding hydrogens is 316 g/mol. The molecule has 0 aliphatic carbocycles. The van der Waals surface area contributed by atoms with Gasteiger partial charge in [0.2, 0.25) is 0 Å². The summed E-state index contributed by atoms with van der Waals surface area (Å²) >= 11 is 2.92. The van der Waals surface area contributed by atoms with Crippen molar-refractivity contribution in [3.63, 3.8) is 0 Å². The quantitative estimate of drug-likeness (QED) is 0.224. The smallest absolute Gasteiger partial charge is 0.306 e. The molecule has 0 heterocycles. The summed E-state index contributed by atoms with van der Waals surface area (Å²) in [5.41, 5.74) is -0.479. The molecule has 0 radical (unpaired) electrons. The number of esters is 1. The van der Waals surface area contributed by atoms with Crippen LogP contribution in [0, 0.1) is 0 Å². The van der Waals surface area contributed by atoms with Crippen LogP contribution >= 0.6 is 15.9 Å². The Labute approximate surface area is 121 Å². The molecule has 0 aliphatic heterocycles. The lowest BCUT2D eigenvalue weighted by atomic mass is 10.1. The van der Waals surface area contributed by atoms with Crippen molar-refractivity contribution < 1.29 is 23.9 Å². The molecule has 0 spiro atoms. The zero-order chi connectivity index (χ0) is 14.9. The fraction of sp³-hybridized carbons (Fsp3) is 0.615. The van der Waals surface area contributed by atoms with Gasteiger partial charge in [-0.15, -0.1) is 0 Å². The van der Waals surface area contributed by atoms with Crippen LogP contribution in [0.5, 0.6) is 0 Å². The molecule has 19 heavy (non-hydrogen) atoms. The summed E-state index contributed by atoms with van der Waals surface area (Å²) in [5.74, 6) is -0.432. The third-order valence-corrected chi connectivity index (χ3v) is 2.33. The molecule has 0 aliphatic rings. The van der Waals surface area contributed by atoms with E-state index in [-0.39, 0.29) is 22.9 Å². The molecule has 0 aromatic rings. The standard InChI is InChI=1S/C13H19BrO5/c1-13(2,3)19-12(17)7-5-4-6-10(16)8-11(14)18-9-15/h8-9H,4-7H2,1-3H3/b11-8+. The van der Waals surface area contributed by atoms with Crippen molar-refractivity contribution in [2.24, 2.45) is 0 Å². The van der Waals surface area contributed by atoms with E-state index in [9.17, 15) is 14.4 Å². The van der Waals surface area contributed by atoms with Gasteiger partial charge in [0.25, 0.3) is 6.47 Å². The molecule has 108 valence electrons. The highest BCUT2D eigenvalue weighted by Crippen LogP contribution is 2.11. The van der Waals surface area contributed by atoms with Crippen molar-refractivity contribution >= 4 is 34.2 Å². The van der Waals surface area contributed by atoms with E-state index in [1.807, 2.05) is 20.8 Å². The molecule has 0 atom stereocenters. The second-order valence-corrected chi connectivity index (χ2v) is 5.70. The fourth-order valence-corrected chi connectivity index (χ4v) is 1.57. The van der Waals surface area contributed by atoms with E-state index >= 15 is 0 Å². The molecule has 0 saturated carbocycles. The van der Waals surface area contributed by atoms with Crippen molar-refractivity contribution in [3.05, 3.63) is 10.7 Å². The molecule has 0 unspecified atom stereocenters. The zero-order valence-corrected chi connectivity index (χ0v) is 13.0. The number of hydrogen-bond donors (Lipinski definition) is 0. The second-order valence-electron chi connectivity index (χ2n) is 4.92. The van der Waals surface area contributed by atoms with Gasteiger partial charge < -0.3 is 9.47 Å². The minimum Gasteiger partial charge on any atom is -0.460 e. The van der Waals surface area contributed by atoms with Crippen LogP contribution in [0.15, 0.2) is 10.7 Å². The molecule has 0 amide bonds. The summed E-state index contributed by atoms with van der Waals surface area (Å²) in [5, 5.41) is 0. The SMILES string of the molecule is CC(C)(C)OC(=O)CCCCC(=O)/C=C(\Br)OC=O. The Bertz CT molecular complexity index is 355. The Morgan fingerprint density at radius 2 is 1.74 bits per heavy atom. The minimum absolute atomic E-state index is 0.0830. The van der Waals surface area contributed by atoms with Gasteiger partial charge in [-0.25, -0.2) is 0 Å². The first-order valence-corrected chi connectivity index (χ1v) is 6.76. The Hall–Kier alpha value is -1.17. The van der Waals surface area contributed by atoms with Crippen LogP contribution in [0.2, 0.25) is 0 Å². The van der Waals surface area contributed by atoms with Crippen LogP contribution in [0.1, 0.15) is 46.5 Å². The van der Waals surface area contributed by atoms with E-state index in [2.05, 4.69) is 20.7 Å². The van der Waals surface area contributed by atoms with Crippen LogP contribution < -0.4 is 0 Å². The molecule has 0 aromatic carbocycles. The molecule has 0 fully saturated rings. The lowest BCUT2D eigenvalue weighted by Gasteiger charge is -2.19. The Balaban J connectivity index is 3.81. The van der Waals surface area contributed by atoms with Crippen molar-refractivity contribution in [2.45, 2.75) is 52.1 Å². The van der Waals surface area contributed by atoms with Gasteiger partial charge in [-0.3, -0.25) is 14.4 Å². The molecular formula is C13H19BrO5. The van der Waals surface area contributed by atoms with Crippen molar-refractivity contribution in [2.75, 3.05) is 0 Å². The van der Waals surface area contributed by atoms with Crippen LogP contribution in [0.25, 0.3) is 0 Å². The maximum Gasteiger partial charge on any atom is 0.306 e. The summed E-state index contributed by atoms with van der Waals surface area (Å²) in [6, 6.07) is 0. The van der Waals surface area contributed by atoms with Gasteiger partial charge in [0.1, 0.15) is 5.60 Å². The number of ketones is 1. The normalized spacial score (nSPS) is 11.9. The molecule has 5 nitrogen and oxygen atoms in total. The van der Waals surface area contributed by atoms with Crippen molar-refractivity contribution in [1.82, 2.24) is 0 Å². The summed E-state index contributed by atoms with van der Waals surface area (Å²) in [7, 11) is 0. The zero-order valence-electron chi connectivity index (χ0n) is 11.4. The first-order chi connectivity index (χ1) is 8.74. The summed E-state index contributed by atoms with van der Waals surface area (Å²) in [4.78, 5) is 32.8. The topological polar surface area (TPSA) is 69.7 Å². The van der Waals surface area contributed by atoms with Crippen molar-refractivity contribution in [3.8, 4) is 0 Å². The molecule has 0 N–H and O–H groups in total. The number of ether oxygens (including phenoxy) is 2. The summed E-state index contributed by atoms with van der Waals surface area (Å²) in [6.07, 6.45) is 2.94. The number of carbonyl (C=O) groups is 3. The third-order valence-electron chi connectivity index (χ3n) is 1.91. The number of unbranched alkanes of at least 4 members (excludes halogenated alkanes) is 1. The van der Waals surface area contributed by atoms with E-state index in [1.165, 1.54) is 6.08 Å². The highest BCUT2D eigenvalue weighted by molar-refractivity contribution is 9.11. The Kier molecular flexibility index (Phi) is 8.30. The number of rotatable bonds is 8. The van der Waals surface area contributed by atoms with Gasteiger partial charge in [-0.1, -0.05) is 0 Å². The molecule has 6 heteroatoms. The first-order valence-electron chi connectivity index (χ1n) is 5.97. The average molecular weight is 335 g/mol. The Morgan fingerprint density at radius 3 is 2.26 bits per heavy atom. The van der Waals surface area contributed by atoms with E-state index in [4.69, 9.17) is 4.74 Å². The number of halogens is 1. The highest BCUT2D eigenvalue weighted by Gasteiger charge is 2.15. The van der Waals surface area contributed by atoms with E-state index in [0.29, 0.717) is 25.7 Å². The minimum atomic E-state index is -0.479. The second kappa shape index (κ2) is 8.85. The number of carbonyl (C=O) groups excluding carboxylic acids is 3. The number of allylic oxidation sites excluding steroid dienone is 1. The van der Waals surface area contributed by atoms with Gasteiger partial charge in [0.15, 0.2) is 10.5 Å². The molecule has 0 bridgehead atoms. The van der Waals surface area contributed by atoms with Crippen LogP contribution in [-0.2, 0) is 23.9 Å². The van der Waals surface area contributed by atoms with Gasteiger partial charge in [-0.2, -0.15) is 0 Å². The Morgan fingerprint density at radius 1 is 1.16 bits per heavy atom. The van der Waals surface area contributed by atoms with E-state index in [0.717, 1.165) is 0 Å². The van der Waals surface area contributed by atoms with Gasteiger partial charge in [0, 0.05) is 18.9 Å². The highest BCUT2D eigenvalue weighted by atomic mass is 79.9. The molecule has 0 saturated heterocycles. The third kappa shape index (κ3) is 11.6. The van der Waals surface area contributed by atoms with E-state index in [1.54, 1.807) is 0 Å². The monoisotopic (exact) mass is 334 g/mol. The van der Waals surface area contributed by atoms with Gasteiger partial charge >= 0.3 is 5.97 Å². The average Bonchev–Trinajstić information content (AvgIpc) is 2.22. The maximum absolute atomic E-state index is 11.4. The fourth-order valence-electron chi connectivity index (χ4n) is 1.24. The van der Waals surface area contributed by atoms with E-state index < -0.39 is 5.60 Å². The van der Waals surface area contributed by atoms with Gasteiger partial charge in [0.05, 0.1) is 0 Å². The van der Waals surface area contributed by atoms with Crippen LogP contribution in [0.3, 0.4) is 0 Å². The summed E-state index contributed by atoms with van der Waals surface area (Å²) < 4.78 is 9.64. The number of hydrogen-bond acceptors (Lipinski definition) is 5. The lowest BCUT2D eigenvalue weighted by Crippen LogP contribution is -2.23. The van der Waals surface area contributed by atoms with Gasteiger partial charge in [-0.05, 0) is 49.5 Å².